The number of methoxy groups -OCH3 is 1. The number of nitrogens with zero attached hydrogens (tertiary/aromatic N) is 1. The fourth-order valence-electron chi connectivity index (χ4n) is 2.71. The SMILES string of the molecule is COc1cc(C2COC(C)(C)O2)nc(C(=O)NCc2ccc(F)cc2)c1O. The second kappa shape index (κ2) is 7.50. The maximum Gasteiger partial charge on any atom is 0.274 e. The number of carbonyl (C=O) groups is 1. The molecule has 2 N–H and O–H groups in total. The summed E-state index contributed by atoms with van der Waals surface area (Å²) in [6.45, 7) is 3.98. The van der Waals surface area contributed by atoms with Crippen molar-refractivity contribution < 1.29 is 28.5 Å². The minimum Gasteiger partial charge on any atom is -0.503 e. The van der Waals surface area contributed by atoms with Gasteiger partial charge >= 0.3 is 0 Å². The number of benzene rings is 1. The quantitative estimate of drug-likeness (QED) is 0.834. The number of pyridine rings is 1. The molecule has 1 aliphatic heterocycles. The summed E-state index contributed by atoms with van der Waals surface area (Å²) in [5.74, 6) is -1.96. The molecule has 144 valence electrons. The van der Waals surface area contributed by atoms with E-state index in [-0.39, 0.29) is 36.2 Å². The third-order valence-corrected chi connectivity index (χ3v) is 4.12. The van der Waals surface area contributed by atoms with Crippen molar-refractivity contribution in [3.63, 3.8) is 0 Å². The van der Waals surface area contributed by atoms with Crippen LogP contribution in [-0.4, -0.2) is 35.5 Å². The molecule has 2 aromatic rings. The van der Waals surface area contributed by atoms with E-state index < -0.39 is 17.8 Å². The number of nitrogens with one attached hydrogen (secondary N) is 1. The van der Waals surface area contributed by atoms with Gasteiger partial charge in [-0.05, 0) is 31.5 Å². The van der Waals surface area contributed by atoms with Crippen molar-refractivity contribution in [2.75, 3.05) is 13.7 Å². The molecule has 0 radical (unpaired) electrons. The average molecular weight is 376 g/mol. The molecule has 8 heteroatoms. The molecule has 1 saturated heterocycles. The van der Waals surface area contributed by atoms with Crippen molar-refractivity contribution in [1.29, 1.82) is 0 Å². The highest BCUT2D eigenvalue weighted by atomic mass is 19.1. The number of hydrogen-bond acceptors (Lipinski definition) is 6. The maximum atomic E-state index is 13.0. The number of rotatable bonds is 5. The molecule has 7 nitrogen and oxygen atoms in total. The fourth-order valence-corrected chi connectivity index (χ4v) is 2.71. The van der Waals surface area contributed by atoms with Gasteiger partial charge in [-0.3, -0.25) is 4.79 Å². The summed E-state index contributed by atoms with van der Waals surface area (Å²) in [5.41, 5.74) is 0.948. The number of carbonyl (C=O) groups excluding carboxylic acids is 1. The van der Waals surface area contributed by atoms with E-state index in [1.54, 1.807) is 26.0 Å². The Labute approximate surface area is 156 Å². The Morgan fingerprint density at radius 3 is 2.70 bits per heavy atom. The monoisotopic (exact) mass is 376 g/mol. The Morgan fingerprint density at radius 1 is 1.41 bits per heavy atom. The molecular formula is C19H21FN2O5. The normalized spacial score (nSPS) is 18.3. The minimum absolute atomic E-state index is 0.111. The van der Waals surface area contributed by atoms with Crippen LogP contribution < -0.4 is 10.1 Å². The first-order valence-corrected chi connectivity index (χ1v) is 8.41. The van der Waals surface area contributed by atoms with Crippen molar-refractivity contribution in [2.24, 2.45) is 0 Å². The first-order chi connectivity index (χ1) is 12.8. The Bertz CT molecular complexity index is 839. The largest absolute Gasteiger partial charge is 0.503 e. The molecule has 1 aromatic carbocycles. The van der Waals surface area contributed by atoms with Crippen LogP contribution >= 0.6 is 0 Å². The van der Waals surface area contributed by atoms with E-state index in [0.29, 0.717) is 11.3 Å². The standard InChI is InChI=1S/C19H21FN2O5/c1-19(2)26-10-15(27-19)13-8-14(25-3)17(23)16(22-13)18(24)21-9-11-4-6-12(20)7-5-11/h4-8,15,23H,9-10H2,1-3H3,(H,21,24). The van der Waals surface area contributed by atoms with Crippen LogP contribution in [-0.2, 0) is 16.0 Å². The number of amides is 1. The highest BCUT2D eigenvalue weighted by molar-refractivity contribution is 5.95. The van der Waals surface area contributed by atoms with Crippen LogP contribution in [0.15, 0.2) is 30.3 Å². The summed E-state index contributed by atoms with van der Waals surface area (Å²) >= 11 is 0. The second-order valence-corrected chi connectivity index (χ2v) is 6.57. The average Bonchev–Trinajstić information content (AvgIpc) is 3.01. The number of aromatic nitrogens is 1. The van der Waals surface area contributed by atoms with Crippen molar-refractivity contribution in [2.45, 2.75) is 32.3 Å². The predicted octanol–water partition coefficient (Wildman–Crippen LogP) is 2.69. The van der Waals surface area contributed by atoms with Gasteiger partial charge in [-0.1, -0.05) is 12.1 Å². The Morgan fingerprint density at radius 2 is 2.11 bits per heavy atom. The number of ether oxygens (including phenoxy) is 3. The van der Waals surface area contributed by atoms with Gasteiger partial charge in [0.2, 0.25) is 0 Å². The van der Waals surface area contributed by atoms with Crippen LogP contribution in [0.4, 0.5) is 4.39 Å². The molecule has 1 fully saturated rings. The fraction of sp³-hybridized carbons (Fsp3) is 0.368. The number of aromatic hydroxyl groups is 1. The molecule has 1 aromatic heterocycles. The molecule has 2 heterocycles. The lowest BCUT2D eigenvalue weighted by molar-refractivity contribution is -0.139. The van der Waals surface area contributed by atoms with Crippen molar-refractivity contribution in [3.8, 4) is 11.5 Å². The van der Waals surface area contributed by atoms with E-state index in [9.17, 15) is 14.3 Å². The summed E-state index contributed by atoms with van der Waals surface area (Å²) < 4.78 is 29.4. The van der Waals surface area contributed by atoms with E-state index in [4.69, 9.17) is 14.2 Å². The number of halogens is 1. The van der Waals surface area contributed by atoms with E-state index >= 15 is 0 Å². The highest BCUT2D eigenvalue weighted by Crippen LogP contribution is 2.36. The van der Waals surface area contributed by atoms with Crippen LogP contribution in [0, 0.1) is 5.82 Å². The Kier molecular flexibility index (Phi) is 5.29. The lowest BCUT2D eigenvalue weighted by Crippen LogP contribution is -2.25. The lowest BCUT2D eigenvalue weighted by atomic mass is 10.1. The number of hydrogen-bond donors (Lipinski definition) is 2. The van der Waals surface area contributed by atoms with Crippen LogP contribution in [0.3, 0.4) is 0 Å². The Balaban J connectivity index is 1.81. The van der Waals surface area contributed by atoms with Crippen molar-refractivity contribution >= 4 is 5.91 Å². The molecule has 1 unspecified atom stereocenters. The summed E-state index contributed by atoms with van der Waals surface area (Å²) in [5, 5.41) is 12.9. The van der Waals surface area contributed by atoms with Gasteiger partial charge in [0.25, 0.3) is 5.91 Å². The highest BCUT2D eigenvalue weighted by Gasteiger charge is 2.35. The zero-order valence-corrected chi connectivity index (χ0v) is 15.3. The van der Waals surface area contributed by atoms with Crippen LogP contribution in [0.2, 0.25) is 0 Å². The van der Waals surface area contributed by atoms with Gasteiger partial charge in [0.15, 0.2) is 23.0 Å². The third-order valence-electron chi connectivity index (χ3n) is 4.12. The third kappa shape index (κ3) is 4.35. The van der Waals surface area contributed by atoms with Crippen LogP contribution in [0.25, 0.3) is 0 Å². The Hall–Kier alpha value is -2.71. The molecule has 0 saturated carbocycles. The molecular weight excluding hydrogens is 355 g/mol. The summed E-state index contributed by atoms with van der Waals surface area (Å²) in [4.78, 5) is 16.8. The zero-order valence-electron chi connectivity index (χ0n) is 15.3. The molecule has 27 heavy (non-hydrogen) atoms. The summed E-state index contributed by atoms with van der Waals surface area (Å²) in [6.07, 6.45) is -0.488. The van der Waals surface area contributed by atoms with E-state index in [1.807, 2.05) is 0 Å². The summed E-state index contributed by atoms with van der Waals surface area (Å²) in [7, 11) is 1.38. The van der Waals surface area contributed by atoms with Gasteiger partial charge < -0.3 is 24.6 Å². The van der Waals surface area contributed by atoms with Crippen LogP contribution in [0.5, 0.6) is 11.5 Å². The van der Waals surface area contributed by atoms with Gasteiger partial charge in [-0.25, -0.2) is 9.37 Å². The van der Waals surface area contributed by atoms with Gasteiger partial charge in [0.05, 0.1) is 19.4 Å². The lowest BCUT2D eigenvalue weighted by Gasteiger charge is -2.18. The molecule has 1 aliphatic rings. The smallest absolute Gasteiger partial charge is 0.274 e. The first-order valence-electron chi connectivity index (χ1n) is 8.41. The summed E-state index contributed by atoms with van der Waals surface area (Å²) in [6, 6.07) is 7.25. The van der Waals surface area contributed by atoms with Gasteiger partial charge in [0.1, 0.15) is 11.9 Å². The second-order valence-electron chi connectivity index (χ2n) is 6.57. The van der Waals surface area contributed by atoms with E-state index in [0.717, 1.165) is 0 Å². The molecule has 3 rings (SSSR count). The van der Waals surface area contributed by atoms with Gasteiger partial charge in [-0.2, -0.15) is 0 Å². The van der Waals surface area contributed by atoms with Crippen molar-refractivity contribution in [3.05, 3.63) is 53.1 Å². The molecule has 0 bridgehead atoms. The molecule has 1 atom stereocenters. The topological polar surface area (TPSA) is 89.9 Å². The van der Waals surface area contributed by atoms with Crippen LogP contribution in [0.1, 0.15) is 41.7 Å². The van der Waals surface area contributed by atoms with Gasteiger partial charge in [0, 0.05) is 12.6 Å². The van der Waals surface area contributed by atoms with Gasteiger partial charge in [-0.15, -0.1) is 0 Å². The molecule has 1 amide bonds. The van der Waals surface area contributed by atoms with E-state index in [1.165, 1.54) is 25.3 Å². The minimum atomic E-state index is -0.761. The predicted molar refractivity (Wildman–Crippen MR) is 93.9 cm³/mol. The molecule has 0 aliphatic carbocycles. The zero-order chi connectivity index (χ0) is 19.6. The van der Waals surface area contributed by atoms with E-state index in [2.05, 4.69) is 10.3 Å². The maximum absolute atomic E-state index is 13.0. The van der Waals surface area contributed by atoms with Crippen molar-refractivity contribution in [1.82, 2.24) is 10.3 Å². The first kappa shape index (κ1) is 19.1. The molecule has 0 spiro atoms.